The average molecular weight is 356 g/mol. The number of carbonyl (C=O) groups is 2. The number of nitriles is 2. The molecule has 0 atom stereocenters. The average Bonchev–Trinajstić information content (AvgIpc) is 2.62. The van der Waals surface area contributed by atoms with Crippen molar-refractivity contribution in [2.24, 2.45) is 4.99 Å². The van der Waals surface area contributed by atoms with Crippen LogP contribution in [0.2, 0.25) is 0 Å². The van der Waals surface area contributed by atoms with Crippen molar-refractivity contribution in [3.05, 3.63) is 41.0 Å². The molecule has 1 aromatic carbocycles. The molecule has 1 aromatic rings. The molecule has 1 rings (SSSR count). The number of amides is 1. The molecule has 0 saturated carbocycles. The third-order valence-corrected chi connectivity index (χ3v) is 3.74. The Labute approximate surface area is 149 Å². The van der Waals surface area contributed by atoms with E-state index in [0.29, 0.717) is 17.9 Å². The number of nitrogens with one attached hydrogen (secondary N) is 1. The number of ketones is 1. The molecule has 0 bridgehead atoms. The van der Waals surface area contributed by atoms with E-state index in [9.17, 15) is 14.7 Å². The van der Waals surface area contributed by atoms with Gasteiger partial charge in [0.15, 0.2) is 0 Å². The van der Waals surface area contributed by atoms with Crippen LogP contribution in [0.5, 0.6) is 0 Å². The minimum absolute atomic E-state index is 0.0747. The Kier molecular flexibility index (Phi) is 7.91. The van der Waals surface area contributed by atoms with Crippen LogP contribution in [0.1, 0.15) is 18.1 Å². The number of thioether (sulfide) groups is 1. The van der Waals surface area contributed by atoms with Gasteiger partial charge in [0.1, 0.15) is 5.76 Å². The largest absolute Gasteiger partial charge is 0.506 e. The molecule has 0 aliphatic rings. The molecule has 0 aliphatic heterocycles. The summed E-state index contributed by atoms with van der Waals surface area (Å²) in [5, 5.41) is 30.4. The van der Waals surface area contributed by atoms with Crippen molar-refractivity contribution in [2.45, 2.75) is 6.92 Å². The summed E-state index contributed by atoms with van der Waals surface area (Å²) in [7, 11) is 0. The highest BCUT2D eigenvalue weighted by Gasteiger charge is 2.25. The Morgan fingerprint density at radius 3 is 2.44 bits per heavy atom. The SMILES string of the molecule is CSCCNC(=O)C(=O)/C(C(C)=NC#N)=C(\O)c1ccc(C#N)cc1. The summed E-state index contributed by atoms with van der Waals surface area (Å²) in [6.07, 6.45) is 3.39. The van der Waals surface area contributed by atoms with Gasteiger partial charge >= 0.3 is 0 Å². The summed E-state index contributed by atoms with van der Waals surface area (Å²) in [4.78, 5) is 27.9. The maximum absolute atomic E-state index is 12.4. The minimum atomic E-state index is -0.987. The van der Waals surface area contributed by atoms with Gasteiger partial charge < -0.3 is 10.4 Å². The van der Waals surface area contributed by atoms with Crippen LogP contribution < -0.4 is 5.32 Å². The summed E-state index contributed by atoms with van der Waals surface area (Å²) >= 11 is 1.50. The van der Waals surface area contributed by atoms with Crippen LogP contribution in [0.25, 0.3) is 5.76 Å². The maximum Gasteiger partial charge on any atom is 0.292 e. The summed E-state index contributed by atoms with van der Waals surface area (Å²) in [6.45, 7) is 1.65. The lowest BCUT2D eigenvalue weighted by atomic mass is 9.99. The fourth-order valence-electron chi connectivity index (χ4n) is 1.88. The molecule has 128 valence electrons. The van der Waals surface area contributed by atoms with Gasteiger partial charge in [0, 0.05) is 17.9 Å². The van der Waals surface area contributed by atoms with E-state index in [0.717, 1.165) is 0 Å². The molecule has 0 fully saturated rings. The molecular weight excluding hydrogens is 340 g/mol. The number of Topliss-reactive ketones (excluding diaryl/α,β-unsaturated/α-hetero) is 1. The number of aliphatic imine (C=N–C) groups is 1. The van der Waals surface area contributed by atoms with E-state index in [-0.39, 0.29) is 16.8 Å². The Balaban J connectivity index is 3.29. The van der Waals surface area contributed by atoms with Crippen molar-refractivity contribution in [3.63, 3.8) is 0 Å². The van der Waals surface area contributed by atoms with Crippen molar-refractivity contribution < 1.29 is 14.7 Å². The lowest BCUT2D eigenvalue weighted by Crippen LogP contribution is -2.35. The van der Waals surface area contributed by atoms with E-state index in [1.165, 1.54) is 49.1 Å². The summed E-state index contributed by atoms with van der Waals surface area (Å²) in [6, 6.07) is 7.73. The lowest BCUT2D eigenvalue weighted by Gasteiger charge is -2.10. The predicted octanol–water partition coefficient (Wildman–Crippen LogP) is 1.82. The highest BCUT2D eigenvalue weighted by Crippen LogP contribution is 2.19. The molecule has 0 aromatic heterocycles. The third kappa shape index (κ3) is 5.48. The summed E-state index contributed by atoms with van der Waals surface area (Å²) < 4.78 is 0. The Morgan fingerprint density at radius 2 is 1.92 bits per heavy atom. The third-order valence-electron chi connectivity index (χ3n) is 3.13. The Morgan fingerprint density at radius 1 is 1.28 bits per heavy atom. The number of rotatable bonds is 7. The van der Waals surface area contributed by atoms with Crippen LogP contribution in [0.4, 0.5) is 0 Å². The van der Waals surface area contributed by atoms with Gasteiger partial charge in [-0.15, -0.1) is 0 Å². The van der Waals surface area contributed by atoms with E-state index in [4.69, 9.17) is 10.5 Å². The molecule has 0 heterocycles. The fourth-order valence-corrected chi connectivity index (χ4v) is 2.19. The van der Waals surface area contributed by atoms with Gasteiger partial charge in [0.05, 0.1) is 22.9 Å². The highest BCUT2D eigenvalue weighted by molar-refractivity contribution is 7.98. The van der Waals surface area contributed by atoms with Gasteiger partial charge in [0.2, 0.25) is 6.19 Å². The topological polar surface area (TPSA) is 126 Å². The minimum Gasteiger partial charge on any atom is -0.506 e. The van der Waals surface area contributed by atoms with E-state index in [1.807, 2.05) is 12.3 Å². The zero-order valence-corrected chi connectivity index (χ0v) is 14.6. The molecule has 7 nitrogen and oxygen atoms in total. The monoisotopic (exact) mass is 356 g/mol. The summed E-state index contributed by atoms with van der Waals surface area (Å²) in [5.74, 6) is -1.73. The molecule has 0 unspecified atom stereocenters. The Hall–Kier alpha value is -3.10. The second-order valence-corrected chi connectivity index (χ2v) is 5.77. The van der Waals surface area contributed by atoms with Crippen molar-refractivity contribution >= 4 is 34.9 Å². The second kappa shape index (κ2) is 9.91. The number of hydrogen-bond acceptors (Lipinski definition) is 7. The van der Waals surface area contributed by atoms with Gasteiger partial charge in [-0.05, 0) is 37.4 Å². The Bertz CT molecular complexity index is 799. The van der Waals surface area contributed by atoms with Crippen molar-refractivity contribution in [2.75, 3.05) is 18.6 Å². The number of carbonyl (C=O) groups excluding carboxylic acids is 2. The standard InChI is InChI=1S/C17H16N4O3S/c1-11(21-10-19)14(16(23)17(24)20-7-8-25-2)15(22)13-5-3-12(9-18)4-6-13/h3-6,22H,7-8H2,1-2H3,(H,20,24)/b15-14-,21-11?. The van der Waals surface area contributed by atoms with Gasteiger partial charge in [-0.3, -0.25) is 9.59 Å². The molecule has 0 saturated heterocycles. The number of aliphatic hydroxyl groups excluding tert-OH is 1. The van der Waals surface area contributed by atoms with Gasteiger partial charge in [-0.1, -0.05) is 0 Å². The molecule has 1 amide bonds. The quantitative estimate of drug-likeness (QED) is 0.192. The molecule has 0 radical (unpaired) electrons. The molecule has 0 aliphatic carbocycles. The van der Waals surface area contributed by atoms with E-state index < -0.39 is 17.4 Å². The number of nitrogens with zero attached hydrogens (tertiary/aromatic N) is 3. The van der Waals surface area contributed by atoms with Crippen LogP contribution in [-0.4, -0.2) is 41.1 Å². The number of hydrogen-bond donors (Lipinski definition) is 2. The maximum atomic E-state index is 12.4. The number of aliphatic hydroxyl groups is 1. The van der Waals surface area contributed by atoms with Crippen LogP contribution in [0, 0.1) is 22.8 Å². The lowest BCUT2D eigenvalue weighted by molar-refractivity contribution is -0.135. The zero-order valence-electron chi connectivity index (χ0n) is 13.7. The van der Waals surface area contributed by atoms with E-state index >= 15 is 0 Å². The molecular formula is C17H16N4O3S. The highest BCUT2D eigenvalue weighted by atomic mass is 32.2. The fraction of sp³-hybridized carbons (Fsp3) is 0.235. The van der Waals surface area contributed by atoms with Crippen LogP contribution in [-0.2, 0) is 9.59 Å². The second-order valence-electron chi connectivity index (χ2n) is 4.79. The number of benzene rings is 1. The molecule has 2 N–H and O–H groups in total. The molecule has 0 spiro atoms. The van der Waals surface area contributed by atoms with Crippen molar-refractivity contribution in [1.29, 1.82) is 10.5 Å². The normalized spacial score (nSPS) is 11.8. The predicted molar refractivity (Wildman–Crippen MR) is 95.8 cm³/mol. The van der Waals surface area contributed by atoms with Gasteiger partial charge in [0.25, 0.3) is 11.7 Å². The van der Waals surface area contributed by atoms with Gasteiger partial charge in [-0.25, -0.2) is 0 Å². The van der Waals surface area contributed by atoms with Crippen LogP contribution in [0.3, 0.4) is 0 Å². The molecule has 8 heteroatoms. The van der Waals surface area contributed by atoms with E-state index in [2.05, 4.69) is 10.3 Å². The van der Waals surface area contributed by atoms with Crippen molar-refractivity contribution in [3.8, 4) is 12.3 Å². The first-order chi connectivity index (χ1) is 12.0. The van der Waals surface area contributed by atoms with Crippen LogP contribution in [0.15, 0.2) is 34.8 Å². The van der Waals surface area contributed by atoms with Gasteiger partial charge in [-0.2, -0.15) is 27.3 Å². The first kappa shape index (κ1) is 19.9. The van der Waals surface area contributed by atoms with Crippen molar-refractivity contribution in [1.82, 2.24) is 5.32 Å². The first-order valence-electron chi connectivity index (χ1n) is 7.15. The zero-order chi connectivity index (χ0) is 18.8. The van der Waals surface area contributed by atoms with Crippen LogP contribution >= 0.6 is 11.8 Å². The summed E-state index contributed by atoms with van der Waals surface area (Å²) in [5.41, 5.74) is 0.177. The molecule has 25 heavy (non-hydrogen) atoms. The first-order valence-corrected chi connectivity index (χ1v) is 8.54. The smallest absolute Gasteiger partial charge is 0.292 e. The van der Waals surface area contributed by atoms with E-state index in [1.54, 1.807) is 0 Å².